The predicted molar refractivity (Wildman–Crippen MR) is 182 cm³/mol. The van der Waals surface area contributed by atoms with Crippen LogP contribution in [0.1, 0.15) is 84.0 Å². The average Bonchev–Trinajstić information content (AvgIpc) is 3.02. The molecule has 14 heteroatoms. The molecular weight excluding hydrogens is 629 g/mol. The van der Waals surface area contributed by atoms with Crippen molar-refractivity contribution in [1.82, 2.24) is 20.9 Å². The SMILES string of the molecule is CC[C@H](C)[C@H](NC(=O)[C@H](CCC(C)C)NC(=O)C1(NC(=O)CCSCc2cccc(CSCCC(N)=O)n2)CCOCC1)C(N)=O. The van der Waals surface area contributed by atoms with Crippen molar-refractivity contribution in [1.29, 1.82) is 0 Å². The quantitative estimate of drug-likeness (QED) is 0.121. The number of amides is 5. The summed E-state index contributed by atoms with van der Waals surface area (Å²) in [7, 11) is 0. The van der Waals surface area contributed by atoms with Gasteiger partial charge in [-0.3, -0.25) is 29.0 Å². The number of nitrogens with zero attached hydrogens (tertiary/aromatic N) is 1. The summed E-state index contributed by atoms with van der Waals surface area (Å²) in [5.74, 6) is 0.511. The topological polar surface area (TPSA) is 196 Å². The fourth-order valence-corrected chi connectivity index (χ4v) is 6.59. The number of nitrogens with two attached hydrogens (primary N) is 2. The van der Waals surface area contributed by atoms with Crippen LogP contribution in [0.4, 0.5) is 0 Å². The van der Waals surface area contributed by atoms with Crippen LogP contribution < -0.4 is 27.4 Å². The first-order valence-corrected chi connectivity index (χ1v) is 18.4. The third-order valence-corrected chi connectivity index (χ3v) is 9.95. The normalized spacial score (nSPS) is 16.2. The van der Waals surface area contributed by atoms with Crippen molar-refractivity contribution in [3.05, 3.63) is 29.6 Å². The summed E-state index contributed by atoms with van der Waals surface area (Å²) < 4.78 is 5.51. The van der Waals surface area contributed by atoms with Crippen LogP contribution >= 0.6 is 23.5 Å². The number of hydrogen-bond acceptors (Lipinski definition) is 9. The number of pyridine rings is 1. The lowest BCUT2D eigenvalue weighted by molar-refractivity contribution is -0.140. The van der Waals surface area contributed by atoms with Gasteiger partial charge in [0, 0.05) is 61.9 Å². The maximum atomic E-state index is 13.8. The number of aromatic nitrogens is 1. The Bertz CT molecular complexity index is 1160. The summed E-state index contributed by atoms with van der Waals surface area (Å²) in [4.78, 5) is 67.9. The Balaban J connectivity index is 1.99. The van der Waals surface area contributed by atoms with E-state index < -0.39 is 35.3 Å². The second-order valence-corrected chi connectivity index (χ2v) is 14.4. The molecule has 1 aromatic rings. The molecule has 2 heterocycles. The Hall–Kier alpha value is -2.84. The molecule has 0 spiro atoms. The highest BCUT2D eigenvalue weighted by atomic mass is 32.2. The molecular formula is C32H52N6O6S2. The molecule has 2 rings (SSSR count). The van der Waals surface area contributed by atoms with E-state index in [1.807, 2.05) is 45.9 Å². The van der Waals surface area contributed by atoms with Gasteiger partial charge in [-0.1, -0.05) is 40.2 Å². The predicted octanol–water partition coefficient (Wildman–Crippen LogP) is 2.42. The Labute approximate surface area is 281 Å². The molecule has 0 radical (unpaired) electrons. The zero-order chi connectivity index (χ0) is 34.1. The largest absolute Gasteiger partial charge is 0.381 e. The second kappa shape index (κ2) is 20.4. The van der Waals surface area contributed by atoms with Crippen LogP contribution in [0, 0.1) is 11.8 Å². The van der Waals surface area contributed by atoms with Crippen LogP contribution in [0.25, 0.3) is 0 Å². The number of ether oxygens (including phenoxy) is 1. The van der Waals surface area contributed by atoms with Crippen molar-refractivity contribution in [2.45, 2.75) is 102 Å². The molecule has 0 aromatic carbocycles. The lowest BCUT2D eigenvalue weighted by Crippen LogP contribution is -2.64. The van der Waals surface area contributed by atoms with Gasteiger partial charge >= 0.3 is 0 Å². The van der Waals surface area contributed by atoms with Gasteiger partial charge in [-0.25, -0.2) is 0 Å². The minimum absolute atomic E-state index is 0.167. The van der Waals surface area contributed by atoms with E-state index in [-0.39, 0.29) is 42.9 Å². The first kappa shape index (κ1) is 39.3. The summed E-state index contributed by atoms with van der Waals surface area (Å²) in [5, 5.41) is 8.62. The van der Waals surface area contributed by atoms with Gasteiger partial charge in [0.05, 0.1) is 11.4 Å². The van der Waals surface area contributed by atoms with E-state index >= 15 is 0 Å². The zero-order valence-corrected chi connectivity index (χ0v) is 29.2. The van der Waals surface area contributed by atoms with Gasteiger partial charge in [0.25, 0.3) is 0 Å². The fourth-order valence-electron chi connectivity index (χ4n) is 4.89. The van der Waals surface area contributed by atoms with Crippen molar-refractivity contribution in [2.75, 3.05) is 24.7 Å². The molecule has 1 aliphatic rings. The van der Waals surface area contributed by atoms with Gasteiger partial charge in [0.1, 0.15) is 17.6 Å². The highest BCUT2D eigenvalue weighted by molar-refractivity contribution is 7.98. The van der Waals surface area contributed by atoms with Gasteiger partial charge in [0.2, 0.25) is 29.5 Å². The van der Waals surface area contributed by atoms with Crippen LogP contribution in [0.2, 0.25) is 0 Å². The van der Waals surface area contributed by atoms with Crippen molar-refractivity contribution in [3.63, 3.8) is 0 Å². The number of nitrogens with one attached hydrogen (secondary N) is 3. The van der Waals surface area contributed by atoms with Crippen molar-refractivity contribution >= 4 is 53.1 Å². The molecule has 258 valence electrons. The molecule has 1 saturated heterocycles. The number of carbonyl (C=O) groups excluding carboxylic acids is 5. The third kappa shape index (κ3) is 13.9. The maximum absolute atomic E-state index is 13.8. The molecule has 0 saturated carbocycles. The molecule has 1 aromatic heterocycles. The van der Waals surface area contributed by atoms with E-state index in [1.54, 1.807) is 23.5 Å². The smallest absolute Gasteiger partial charge is 0.246 e. The molecule has 12 nitrogen and oxygen atoms in total. The molecule has 46 heavy (non-hydrogen) atoms. The van der Waals surface area contributed by atoms with E-state index in [1.165, 1.54) is 0 Å². The number of thioether (sulfide) groups is 2. The maximum Gasteiger partial charge on any atom is 0.246 e. The van der Waals surface area contributed by atoms with Crippen LogP contribution in [-0.2, 0) is 40.2 Å². The molecule has 5 amide bonds. The number of primary amides is 2. The van der Waals surface area contributed by atoms with Crippen molar-refractivity contribution < 1.29 is 28.7 Å². The summed E-state index contributed by atoms with van der Waals surface area (Å²) in [6, 6.07) is 4.08. The molecule has 3 atom stereocenters. The lowest BCUT2D eigenvalue weighted by atomic mass is 9.88. The Morgan fingerprint density at radius 3 is 2.09 bits per heavy atom. The van der Waals surface area contributed by atoms with E-state index in [0.29, 0.717) is 61.9 Å². The van der Waals surface area contributed by atoms with Gasteiger partial charge in [-0.15, -0.1) is 0 Å². The molecule has 7 N–H and O–H groups in total. The Morgan fingerprint density at radius 2 is 1.54 bits per heavy atom. The minimum Gasteiger partial charge on any atom is -0.381 e. The summed E-state index contributed by atoms with van der Waals surface area (Å²) in [6.45, 7) is 8.40. The Morgan fingerprint density at radius 1 is 0.935 bits per heavy atom. The number of carbonyl (C=O) groups is 5. The fraction of sp³-hybridized carbons (Fsp3) is 0.688. The van der Waals surface area contributed by atoms with Crippen molar-refractivity contribution in [2.24, 2.45) is 23.3 Å². The highest BCUT2D eigenvalue weighted by Gasteiger charge is 2.43. The van der Waals surface area contributed by atoms with E-state index in [2.05, 4.69) is 20.9 Å². The van der Waals surface area contributed by atoms with Crippen LogP contribution in [0.5, 0.6) is 0 Å². The van der Waals surface area contributed by atoms with Crippen LogP contribution in [0.3, 0.4) is 0 Å². The third-order valence-electron chi connectivity index (χ3n) is 7.96. The van der Waals surface area contributed by atoms with Gasteiger partial charge in [0.15, 0.2) is 0 Å². The molecule has 0 unspecified atom stereocenters. The van der Waals surface area contributed by atoms with E-state index in [9.17, 15) is 24.0 Å². The van der Waals surface area contributed by atoms with Crippen molar-refractivity contribution in [3.8, 4) is 0 Å². The summed E-state index contributed by atoms with van der Waals surface area (Å²) in [5.41, 5.74) is 11.4. The zero-order valence-electron chi connectivity index (χ0n) is 27.6. The van der Waals surface area contributed by atoms with Gasteiger partial charge in [-0.2, -0.15) is 23.5 Å². The van der Waals surface area contributed by atoms with E-state index in [4.69, 9.17) is 16.2 Å². The van der Waals surface area contributed by atoms with Gasteiger partial charge < -0.3 is 32.2 Å². The lowest BCUT2D eigenvalue weighted by Gasteiger charge is -2.37. The Kier molecular flexibility index (Phi) is 17.5. The monoisotopic (exact) mass is 680 g/mol. The molecule has 1 fully saturated rings. The molecule has 1 aliphatic heterocycles. The first-order chi connectivity index (χ1) is 21.9. The van der Waals surface area contributed by atoms with E-state index in [0.717, 1.165) is 11.4 Å². The van der Waals surface area contributed by atoms with Crippen LogP contribution in [-0.4, -0.2) is 76.9 Å². The summed E-state index contributed by atoms with van der Waals surface area (Å²) >= 11 is 3.18. The number of hydrogen-bond donors (Lipinski definition) is 5. The average molecular weight is 681 g/mol. The molecule has 0 aliphatic carbocycles. The van der Waals surface area contributed by atoms with Crippen LogP contribution in [0.15, 0.2) is 18.2 Å². The standard InChI is InChI=1S/C32H52N6O6S2/c1-5-22(4)28(29(34)41)37-30(42)25(10-9-21(2)3)36-31(43)32(13-15-44-16-14-32)38-27(40)12-18-46-20-24-8-6-7-23(35-24)19-45-17-11-26(33)39/h6-8,21-22,25,28H,5,9-20H2,1-4H3,(H2,33,39)(H2,34,41)(H,36,43)(H,37,42)(H,38,40)/t22-,25-,28-/m0/s1. The second-order valence-electron chi connectivity index (χ2n) is 12.2. The highest BCUT2D eigenvalue weighted by Crippen LogP contribution is 2.23. The number of rotatable bonds is 21. The first-order valence-electron chi connectivity index (χ1n) is 16.0. The molecule has 0 bridgehead atoms. The summed E-state index contributed by atoms with van der Waals surface area (Å²) in [6.07, 6.45) is 2.79. The minimum atomic E-state index is -1.21. The van der Waals surface area contributed by atoms with Gasteiger partial charge in [-0.05, 0) is 36.8 Å².